The second kappa shape index (κ2) is 6.16. The Kier molecular flexibility index (Phi) is 4.07. The number of anilines is 1. The first-order chi connectivity index (χ1) is 10.6. The third-order valence-electron chi connectivity index (χ3n) is 3.60. The number of thiophene rings is 1. The minimum Gasteiger partial charge on any atom is -0.321 e. The van der Waals surface area contributed by atoms with Gasteiger partial charge in [0.1, 0.15) is 0 Å². The number of amides is 1. The molecule has 1 N–H and O–H groups in total. The van der Waals surface area contributed by atoms with Gasteiger partial charge in [-0.15, -0.1) is 11.3 Å². The Morgan fingerprint density at radius 2 is 1.77 bits per heavy atom. The minimum atomic E-state index is -0.0532. The number of hydrogen-bond acceptors (Lipinski definition) is 2. The van der Waals surface area contributed by atoms with Crippen molar-refractivity contribution in [2.45, 2.75) is 13.8 Å². The van der Waals surface area contributed by atoms with E-state index < -0.39 is 0 Å². The third kappa shape index (κ3) is 2.95. The highest BCUT2D eigenvalue weighted by Crippen LogP contribution is 2.29. The highest BCUT2D eigenvalue weighted by molar-refractivity contribution is 7.12. The van der Waals surface area contributed by atoms with Crippen molar-refractivity contribution >= 4 is 22.9 Å². The van der Waals surface area contributed by atoms with Crippen LogP contribution < -0.4 is 5.32 Å². The second-order valence-corrected chi connectivity index (χ2v) is 6.22. The molecule has 0 unspecified atom stereocenters. The van der Waals surface area contributed by atoms with Gasteiger partial charge in [0.25, 0.3) is 5.91 Å². The van der Waals surface area contributed by atoms with Crippen molar-refractivity contribution < 1.29 is 4.79 Å². The van der Waals surface area contributed by atoms with Gasteiger partial charge in [-0.25, -0.2) is 0 Å². The van der Waals surface area contributed by atoms with Crippen molar-refractivity contribution in [3.05, 3.63) is 76.0 Å². The van der Waals surface area contributed by atoms with Gasteiger partial charge in [0.05, 0.1) is 4.88 Å². The minimum absolute atomic E-state index is 0.0532. The Morgan fingerprint density at radius 1 is 1.00 bits per heavy atom. The van der Waals surface area contributed by atoms with Crippen LogP contribution in [0, 0.1) is 13.8 Å². The lowest BCUT2D eigenvalue weighted by Gasteiger charge is -2.10. The SMILES string of the molecule is Cc1ccc(C)c(NC(=O)c2sccc2-c2ccccc2)c1. The van der Waals surface area contributed by atoms with Crippen LogP contribution in [-0.4, -0.2) is 5.91 Å². The molecule has 0 fully saturated rings. The van der Waals surface area contributed by atoms with Gasteiger partial charge >= 0.3 is 0 Å². The summed E-state index contributed by atoms with van der Waals surface area (Å²) >= 11 is 1.47. The number of hydrogen-bond donors (Lipinski definition) is 1. The highest BCUT2D eigenvalue weighted by Gasteiger charge is 2.15. The average molecular weight is 307 g/mol. The van der Waals surface area contributed by atoms with Gasteiger partial charge < -0.3 is 5.32 Å². The van der Waals surface area contributed by atoms with E-state index in [1.54, 1.807) is 0 Å². The highest BCUT2D eigenvalue weighted by atomic mass is 32.1. The lowest BCUT2D eigenvalue weighted by Crippen LogP contribution is -2.12. The molecule has 0 bridgehead atoms. The van der Waals surface area contributed by atoms with Gasteiger partial charge in [-0.05, 0) is 48.1 Å². The Hall–Kier alpha value is -2.39. The largest absolute Gasteiger partial charge is 0.321 e. The van der Waals surface area contributed by atoms with Gasteiger partial charge in [-0.2, -0.15) is 0 Å². The van der Waals surface area contributed by atoms with E-state index in [9.17, 15) is 4.79 Å². The van der Waals surface area contributed by atoms with Crippen molar-refractivity contribution in [3.63, 3.8) is 0 Å². The zero-order valence-corrected chi connectivity index (χ0v) is 13.4. The molecule has 0 aliphatic rings. The first kappa shape index (κ1) is 14.5. The quantitative estimate of drug-likeness (QED) is 0.700. The topological polar surface area (TPSA) is 29.1 Å². The molecule has 2 aromatic carbocycles. The van der Waals surface area contributed by atoms with Crippen molar-refractivity contribution in [1.29, 1.82) is 0 Å². The van der Waals surface area contributed by atoms with E-state index in [0.29, 0.717) is 0 Å². The van der Waals surface area contributed by atoms with Crippen LogP contribution in [0.4, 0.5) is 5.69 Å². The van der Waals surface area contributed by atoms with Crippen LogP contribution in [0.5, 0.6) is 0 Å². The van der Waals surface area contributed by atoms with Crippen LogP contribution in [-0.2, 0) is 0 Å². The monoisotopic (exact) mass is 307 g/mol. The first-order valence-electron chi connectivity index (χ1n) is 7.16. The summed E-state index contributed by atoms with van der Waals surface area (Å²) < 4.78 is 0. The van der Waals surface area contributed by atoms with Crippen molar-refractivity contribution in [3.8, 4) is 11.1 Å². The molecular formula is C19H17NOS. The number of aryl methyl sites for hydroxylation is 2. The molecule has 0 aliphatic heterocycles. The van der Waals surface area contributed by atoms with E-state index in [2.05, 4.69) is 5.32 Å². The maximum atomic E-state index is 12.6. The summed E-state index contributed by atoms with van der Waals surface area (Å²) in [5.74, 6) is -0.0532. The van der Waals surface area contributed by atoms with Gasteiger partial charge in [0.2, 0.25) is 0 Å². The molecule has 110 valence electrons. The fourth-order valence-corrected chi connectivity index (χ4v) is 3.19. The van der Waals surface area contributed by atoms with Crippen LogP contribution in [0.1, 0.15) is 20.8 Å². The molecular weight excluding hydrogens is 290 g/mol. The molecule has 2 nitrogen and oxygen atoms in total. The van der Waals surface area contributed by atoms with Crippen LogP contribution >= 0.6 is 11.3 Å². The van der Waals surface area contributed by atoms with Crippen molar-refractivity contribution in [2.24, 2.45) is 0 Å². The summed E-state index contributed by atoms with van der Waals surface area (Å²) in [6, 6.07) is 18.1. The molecule has 3 aromatic rings. The van der Waals surface area contributed by atoms with Gasteiger partial charge in [0.15, 0.2) is 0 Å². The molecule has 3 rings (SSSR count). The molecule has 0 radical (unpaired) electrons. The zero-order chi connectivity index (χ0) is 15.5. The van der Waals surface area contributed by atoms with Crippen molar-refractivity contribution in [1.82, 2.24) is 0 Å². The number of carbonyl (C=O) groups excluding carboxylic acids is 1. The Bertz CT molecular complexity index is 805. The van der Waals surface area contributed by atoms with E-state index in [1.165, 1.54) is 11.3 Å². The fourth-order valence-electron chi connectivity index (χ4n) is 2.38. The summed E-state index contributed by atoms with van der Waals surface area (Å²) in [6.45, 7) is 4.03. The zero-order valence-electron chi connectivity index (χ0n) is 12.6. The molecule has 0 aliphatic carbocycles. The summed E-state index contributed by atoms with van der Waals surface area (Å²) in [5, 5.41) is 4.99. The summed E-state index contributed by atoms with van der Waals surface area (Å²) in [7, 11) is 0. The standard InChI is InChI=1S/C19H17NOS/c1-13-8-9-14(2)17(12-13)20-19(21)18-16(10-11-22-18)15-6-4-3-5-7-15/h3-12H,1-2H3,(H,20,21). The number of carbonyl (C=O) groups is 1. The normalized spacial score (nSPS) is 10.5. The van der Waals surface area contributed by atoms with Crippen molar-refractivity contribution in [2.75, 3.05) is 5.32 Å². The molecule has 0 atom stereocenters. The van der Waals surface area contributed by atoms with Crippen LogP contribution in [0.25, 0.3) is 11.1 Å². The Balaban J connectivity index is 1.91. The maximum Gasteiger partial charge on any atom is 0.266 e. The maximum absolute atomic E-state index is 12.6. The molecule has 0 saturated heterocycles. The number of benzene rings is 2. The smallest absolute Gasteiger partial charge is 0.266 e. The number of nitrogens with one attached hydrogen (secondary N) is 1. The first-order valence-corrected chi connectivity index (χ1v) is 8.04. The molecule has 1 aromatic heterocycles. The van der Waals surface area contributed by atoms with E-state index in [0.717, 1.165) is 32.8 Å². The molecule has 0 saturated carbocycles. The lowest BCUT2D eigenvalue weighted by atomic mass is 10.1. The molecule has 22 heavy (non-hydrogen) atoms. The predicted octanol–water partition coefficient (Wildman–Crippen LogP) is 5.28. The van der Waals surface area contributed by atoms with Gasteiger partial charge in [-0.1, -0.05) is 42.5 Å². The third-order valence-corrected chi connectivity index (χ3v) is 4.51. The van der Waals surface area contributed by atoms with E-state index in [4.69, 9.17) is 0 Å². The predicted molar refractivity (Wildman–Crippen MR) is 93.6 cm³/mol. The molecule has 3 heteroatoms. The summed E-state index contributed by atoms with van der Waals surface area (Å²) in [6.07, 6.45) is 0. The molecule has 1 amide bonds. The number of rotatable bonds is 3. The van der Waals surface area contributed by atoms with E-state index in [-0.39, 0.29) is 5.91 Å². The summed E-state index contributed by atoms with van der Waals surface area (Å²) in [5.41, 5.74) is 5.12. The Labute approximate surface area is 134 Å². The van der Waals surface area contributed by atoms with Crippen LogP contribution in [0.3, 0.4) is 0 Å². The van der Waals surface area contributed by atoms with E-state index >= 15 is 0 Å². The van der Waals surface area contributed by atoms with Crippen LogP contribution in [0.15, 0.2) is 60.0 Å². The second-order valence-electron chi connectivity index (χ2n) is 5.30. The fraction of sp³-hybridized carbons (Fsp3) is 0.105. The Morgan fingerprint density at radius 3 is 2.55 bits per heavy atom. The van der Waals surface area contributed by atoms with Gasteiger partial charge in [0, 0.05) is 11.3 Å². The van der Waals surface area contributed by atoms with Crippen LogP contribution in [0.2, 0.25) is 0 Å². The summed E-state index contributed by atoms with van der Waals surface area (Å²) in [4.78, 5) is 13.4. The van der Waals surface area contributed by atoms with Gasteiger partial charge in [-0.3, -0.25) is 4.79 Å². The molecule has 0 spiro atoms. The molecule has 1 heterocycles. The lowest BCUT2D eigenvalue weighted by molar-refractivity contribution is 0.103. The van der Waals surface area contributed by atoms with E-state index in [1.807, 2.05) is 73.8 Å². The average Bonchev–Trinajstić information content (AvgIpc) is 3.01.